The van der Waals surface area contributed by atoms with E-state index in [-0.39, 0.29) is 12.3 Å². The van der Waals surface area contributed by atoms with E-state index in [0.29, 0.717) is 23.8 Å². The monoisotopic (exact) mass is 367 g/mol. The van der Waals surface area contributed by atoms with Crippen molar-refractivity contribution in [1.29, 1.82) is 0 Å². The maximum absolute atomic E-state index is 12.1. The van der Waals surface area contributed by atoms with Gasteiger partial charge in [-0.15, -0.1) is 16.4 Å². The highest BCUT2D eigenvalue weighted by molar-refractivity contribution is 7.13. The van der Waals surface area contributed by atoms with Gasteiger partial charge < -0.3 is 9.84 Å². The summed E-state index contributed by atoms with van der Waals surface area (Å²) in [5, 5.41) is 19.7. The number of anilines is 1. The molecule has 9 nitrogen and oxygen atoms in total. The zero-order valence-corrected chi connectivity index (χ0v) is 14.3. The van der Waals surface area contributed by atoms with Crippen LogP contribution in [0, 0.1) is 0 Å². The normalized spacial score (nSPS) is 10.8. The molecule has 130 valence electrons. The predicted octanol–water partition coefficient (Wildman–Crippen LogP) is 2.35. The molecule has 0 bridgehead atoms. The molecule has 0 saturated heterocycles. The molecule has 4 rings (SSSR count). The van der Waals surface area contributed by atoms with Crippen LogP contribution in [0.4, 0.5) is 5.69 Å². The Labute approximate surface area is 151 Å². The zero-order chi connectivity index (χ0) is 17.8. The Morgan fingerprint density at radius 3 is 2.85 bits per heavy atom. The van der Waals surface area contributed by atoms with Crippen molar-refractivity contribution in [1.82, 2.24) is 30.3 Å². The first-order chi connectivity index (χ1) is 12.8. The molecule has 3 heterocycles. The summed E-state index contributed by atoms with van der Waals surface area (Å²) < 4.78 is 6.72. The number of aryl methyl sites for hydroxylation is 1. The van der Waals surface area contributed by atoms with Crippen molar-refractivity contribution in [3.8, 4) is 16.4 Å². The molecule has 3 aromatic heterocycles. The number of carbonyl (C=O) groups is 1. The largest absolute Gasteiger partial charge is 0.339 e. The molecule has 0 radical (unpaired) electrons. The number of nitrogens with zero attached hydrogens (tertiary/aromatic N) is 6. The first-order valence-corrected chi connectivity index (χ1v) is 8.65. The summed E-state index contributed by atoms with van der Waals surface area (Å²) in [5.74, 6) is 0.863. The molecule has 26 heavy (non-hydrogen) atoms. The first kappa shape index (κ1) is 16.1. The van der Waals surface area contributed by atoms with Gasteiger partial charge in [0, 0.05) is 18.5 Å². The molecule has 0 unspecified atom stereocenters. The van der Waals surface area contributed by atoms with Crippen LogP contribution in [-0.4, -0.2) is 36.3 Å². The number of nitrogens with one attached hydrogen (secondary N) is 1. The summed E-state index contributed by atoms with van der Waals surface area (Å²) in [7, 11) is 0. The fraction of sp³-hybridized carbons (Fsp3) is 0.125. The van der Waals surface area contributed by atoms with Crippen molar-refractivity contribution in [2.24, 2.45) is 0 Å². The highest BCUT2D eigenvalue weighted by Crippen LogP contribution is 2.21. The second-order valence-electron chi connectivity index (χ2n) is 5.34. The van der Waals surface area contributed by atoms with Crippen molar-refractivity contribution in [3.63, 3.8) is 0 Å². The van der Waals surface area contributed by atoms with Crippen LogP contribution in [0.15, 0.2) is 52.6 Å². The van der Waals surface area contributed by atoms with Crippen LogP contribution >= 0.6 is 11.3 Å². The molecule has 0 atom stereocenters. The van der Waals surface area contributed by atoms with Gasteiger partial charge >= 0.3 is 0 Å². The van der Waals surface area contributed by atoms with Gasteiger partial charge in [0.1, 0.15) is 6.33 Å². The van der Waals surface area contributed by atoms with E-state index in [1.54, 1.807) is 12.1 Å². The number of aromatic nitrogens is 6. The quantitative estimate of drug-likeness (QED) is 0.557. The predicted molar refractivity (Wildman–Crippen MR) is 93.7 cm³/mol. The zero-order valence-electron chi connectivity index (χ0n) is 13.4. The molecule has 0 saturated carbocycles. The summed E-state index contributed by atoms with van der Waals surface area (Å²) in [5.41, 5.74) is 1.50. The molecule has 10 heteroatoms. The van der Waals surface area contributed by atoms with Gasteiger partial charge in [0.15, 0.2) is 0 Å². The summed E-state index contributed by atoms with van der Waals surface area (Å²) in [6, 6.07) is 11.1. The summed E-state index contributed by atoms with van der Waals surface area (Å²) in [6.07, 6.45) is 2.14. The van der Waals surface area contributed by atoms with Crippen molar-refractivity contribution in [2.75, 3.05) is 5.32 Å². The second kappa shape index (κ2) is 7.23. The average molecular weight is 367 g/mol. The van der Waals surface area contributed by atoms with Gasteiger partial charge in [-0.3, -0.25) is 4.79 Å². The number of rotatable bonds is 6. The third kappa shape index (κ3) is 3.64. The van der Waals surface area contributed by atoms with Gasteiger partial charge in [0.05, 0.1) is 10.6 Å². The van der Waals surface area contributed by atoms with Crippen LogP contribution < -0.4 is 5.32 Å². The topological polar surface area (TPSA) is 112 Å². The summed E-state index contributed by atoms with van der Waals surface area (Å²) >= 11 is 1.54. The van der Waals surface area contributed by atoms with Crippen LogP contribution in [0.2, 0.25) is 0 Å². The number of tetrazole rings is 1. The molecular formula is C16H13N7O2S. The molecular weight excluding hydrogens is 354 g/mol. The molecule has 0 spiro atoms. The van der Waals surface area contributed by atoms with E-state index in [4.69, 9.17) is 4.52 Å². The Balaban J connectivity index is 1.31. The number of benzene rings is 1. The number of amides is 1. The lowest BCUT2D eigenvalue weighted by Crippen LogP contribution is -2.12. The molecule has 0 aliphatic rings. The number of thiophene rings is 1. The number of hydrogen-bond donors (Lipinski definition) is 1. The van der Waals surface area contributed by atoms with Crippen LogP contribution in [0.25, 0.3) is 16.4 Å². The van der Waals surface area contributed by atoms with Crippen LogP contribution in [0.5, 0.6) is 0 Å². The lowest BCUT2D eigenvalue weighted by Gasteiger charge is -2.05. The van der Waals surface area contributed by atoms with Gasteiger partial charge in [-0.1, -0.05) is 11.2 Å². The standard InChI is InChI=1S/C16H13N7O2S/c24-14(7-8-15-19-16(20-25-15)13-2-1-9-26-13)18-11-3-5-12(6-4-11)23-10-17-21-22-23/h1-6,9-10H,7-8H2,(H,18,24). The van der Waals surface area contributed by atoms with Gasteiger partial charge in [-0.2, -0.15) is 4.98 Å². The molecule has 1 N–H and O–H groups in total. The average Bonchev–Trinajstić information content (AvgIpc) is 3.42. The van der Waals surface area contributed by atoms with Gasteiger partial charge in [0.2, 0.25) is 17.6 Å². The van der Waals surface area contributed by atoms with E-state index in [1.165, 1.54) is 22.3 Å². The Kier molecular flexibility index (Phi) is 4.48. The highest BCUT2D eigenvalue weighted by Gasteiger charge is 2.11. The van der Waals surface area contributed by atoms with Crippen LogP contribution in [0.1, 0.15) is 12.3 Å². The van der Waals surface area contributed by atoms with Gasteiger partial charge in [-0.05, 0) is 46.1 Å². The molecule has 0 fully saturated rings. The molecule has 1 amide bonds. The van der Waals surface area contributed by atoms with Crippen molar-refractivity contribution in [2.45, 2.75) is 12.8 Å². The lowest BCUT2D eigenvalue weighted by atomic mass is 10.2. The SMILES string of the molecule is O=C(CCc1nc(-c2cccs2)no1)Nc1ccc(-n2cnnn2)cc1. The molecule has 4 aromatic rings. The van der Waals surface area contributed by atoms with E-state index in [1.807, 2.05) is 29.6 Å². The third-order valence-corrected chi connectivity index (χ3v) is 4.41. The fourth-order valence-electron chi connectivity index (χ4n) is 2.28. The maximum Gasteiger partial charge on any atom is 0.227 e. The van der Waals surface area contributed by atoms with E-state index in [9.17, 15) is 4.79 Å². The van der Waals surface area contributed by atoms with Crippen LogP contribution in [-0.2, 0) is 11.2 Å². The van der Waals surface area contributed by atoms with E-state index in [0.717, 1.165) is 10.6 Å². The van der Waals surface area contributed by atoms with E-state index < -0.39 is 0 Å². The van der Waals surface area contributed by atoms with Gasteiger partial charge in [0.25, 0.3) is 0 Å². The molecule has 0 aliphatic heterocycles. The van der Waals surface area contributed by atoms with E-state index in [2.05, 4.69) is 31.0 Å². The Morgan fingerprint density at radius 2 is 2.12 bits per heavy atom. The molecule has 0 aliphatic carbocycles. The minimum Gasteiger partial charge on any atom is -0.339 e. The molecule has 1 aromatic carbocycles. The first-order valence-electron chi connectivity index (χ1n) is 7.78. The Bertz CT molecular complexity index is 978. The van der Waals surface area contributed by atoms with Crippen molar-refractivity contribution in [3.05, 3.63) is 54.0 Å². The smallest absolute Gasteiger partial charge is 0.227 e. The van der Waals surface area contributed by atoms with E-state index >= 15 is 0 Å². The lowest BCUT2D eigenvalue weighted by molar-refractivity contribution is -0.116. The summed E-state index contributed by atoms with van der Waals surface area (Å²) in [4.78, 5) is 17.3. The summed E-state index contributed by atoms with van der Waals surface area (Å²) in [6.45, 7) is 0. The minimum absolute atomic E-state index is 0.129. The maximum atomic E-state index is 12.1. The Hall–Kier alpha value is -3.40. The van der Waals surface area contributed by atoms with Crippen molar-refractivity contribution < 1.29 is 9.32 Å². The third-order valence-electron chi connectivity index (χ3n) is 3.54. The number of hydrogen-bond acceptors (Lipinski definition) is 8. The van der Waals surface area contributed by atoms with Gasteiger partial charge in [-0.25, -0.2) is 4.68 Å². The fourth-order valence-corrected chi connectivity index (χ4v) is 2.93. The van der Waals surface area contributed by atoms with Crippen molar-refractivity contribution >= 4 is 22.9 Å². The van der Waals surface area contributed by atoms with Crippen LogP contribution in [0.3, 0.4) is 0 Å². The highest BCUT2D eigenvalue weighted by atomic mass is 32.1. The number of carbonyl (C=O) groups excluding carboxylic acids is 1. The second-order valence-corrected chi connectivity index (χ2v) is 6.29. The Morgan fingerprint density at radius 1 is 1.23 bits per heavy atom. The minimum atomic E-state index is -0.129.